The molecule has 132 valence electrons. The van der Waals surface area contributed by atoms with Crippen molar-refractivity contribution in [3.8, 4) is 0 Å². The molecule has 23 heavy (non-hydrogen) atoms. The summed E-state index contributed by atoms with van der Waals surface area (Å²) >= 11 is 0. The van der Waals surface area contributed by atoms with Crippen LogP contribution in [0.5, 0.6) is 0 Å². The third-order valence-electron chi connectivity index (χ3n) is 4.44. The van der Waals surface area contributed by atoms with Crippen molar-refractivity contribution in [2.24, 2.45) is 5.41 Å². The summed E-state index contributed by atoms with van der Waals surface area (Å²) in [4.78, 5) is 28.5. The van der Waals surface area contributed by atoms with Gasteiger partial charge in [-0.25, -0.2) is 0 Å². The largest absolute Gasteiger partial charge is 0.376 e. The van der Waals surface area contributed by atoms with Crippen LogP contribution in [0.2, 0.25) is 0 Å². The highest BCUT2D eigenvalue weighted by molar-refractivity contribution is 5.81. The number of rotatable bonds is 4. The van der Waals surface area contributed by atoms with Crippen LogP contribution in [0.15, 0.2) is 0 Å². The number of amides is 2. The lowest BCUT2D eigenvalue weighted by atomic mass is 9.94. The van der Waals surface area contributed by atoms with E-state index in [1.54, 1.807) is 0 Å². The molecule has 0 spiro atoms. The average Bonchev–Trinajstić information content (AvgIpc) is 2.90. The van der Waals surface area contributed by atoms with Crippen molar-refractivity contribution in [3.63, 3.8) is 0 Å². The Bertz CT molecular complexity index is 414. The summed E-state index contributed by atoms with van der Waals surface area (Å²) in [5.74, 6) is 0.248. The Labute approximate surface area is 139 Å². The molecule has 6 nitrogen and oxygen atoms in total. The van der Waals surface area contributed by atoms with E-state index in [2.05, 4.69) is 10.2 Å². The maximum atomic E-state index is 12.4. The predicted molar refractivity (Wildman–Crippen MR) is 89.1 cm³/mol. The van der Waals surface area contributed by atoms with Gasteiger partial charge < -0.3 is 15.0 Å². The fourth-order valence-corrected chi connectivity index (χ4v) is 3.10. The minimum absolute atomic E-state index is 0.0519. The van der Waals surface area contributed by atoms with Crippen molar-refractivity contribution in [1.82, 2.24) is 15.1 Å². The van der Waals surface area contributed by atoms with E-state index in [-0.39, 0.29) is 23.3 Å². The molecule has 1 N–H and O–H groups in total. The number of hydrogen-bond donors (Lipinski definition) is 1. The van der Waals surface area contributed by atoms with Crippen LogP contribution in [0.25, 0.3) is 0 Å². The minimum Gasteiger partial charge on any atom is -0.376 e. The molecule has 2 aliphatic rings. The smallest absolute Gasteiger partial charge is 0.234 e. The summed E-state index contributed by atoms with van der Waals surface area (Å²) in [6.07, 6.45) is 3.22. The van der Waals surface area contributed by atoms with Crippen molar-refractivity contribution in [2.45, 2.75) is 46.1 Å². The van der Waals surface area contributed by atoms with Gasteiger partial charge in [0, 0.05) is 44.7 Å². The minimum atomic E-state index is -0.339. The van der Waals surface area contributed by atoms with E-state index < -0.39 is 0 Å². The maximum absolute atomic E-state index is 12.4. The van der Waals surface area contributed by atoms with Gasteiger partial charge in [-0.05, 0) is 19.3 Å². The molecule has 2 aliphatic heterocycles. The summed E-state index contributed by atoms with van der Waals surface area (Å²) in [5, 5.41) is 2.96. The van der Waals surface area contributed by atoms with Crippen LogP contribution in [-0.4, -0.2) is 73.6 Å². The average molecular weight is 325 g/mol. The predicted octanol–water partition coefficient (Wildman–Crippen LogP) is 0.862. The molecule has 0 aromatic rings. The van der Waals surface area contributed by atoms with Gasteiger partial charge in [-0.15, -0.1) is 0 Å². The zero-order valence-corrected chi connectivity index (χ0v) is 14.8. The van der Waals surface area contributed by atoms with Gasteiger partial charge in [0.2, 0.25) is 11.8 Å². The Kier molecular flexibility index (Phi) is 6.41. The zero-order valence-electron chi connectivity index (χ0n) is 14.8. The molecule has 0 aliphatic carbocycles. The van der Waals surface area contributed by atoms with Crippen LogP contribution in [0.3, 0.4) is 0 Å². The zero-order chi connectivity index (χ0) is 16.9. The lowest BCUT2D eigenvalue weighted by Gasteiger charge is -2.28. The third-order valence-corrected chi connectivity index (χ3v) is 4.44. The van der Waals surface area contributed by atoms with E-state index in [4.69, 9.17) is 4.74 Å². The first-order valence-corrected chi connectivity index (χ1v) is 8.76. The molecule has 2 amide bonds. The molecule has 1 atom stereocenters. The summed E-state index contributed by atoms with van der Waals surface area (Å²) in [7, 11) is 0. The van der Waals surface area contributed by atoms with Crippen LogP contribution >= 0.6 is 0 Å². The number of carbonyl (C=O) groups excluding carboxylic acids is 2. The van der Waals surface area contributed by atoms with E-state index in [0.29, 0.717) is 19.6 Å². The first-order chi connectivity index (χ1) is 10.9. The van der Waals surface area contributed by atoms with E-state index in [1.807, 2.05) is 25.7 Å². The Morgan fingerprint density at radius 2 is 1.91 bits per heavy atom. The Morgan fingerprint density at radius 3 is 2.57 bits per heavy atom. The second-order valence-corrected chi connectivity index (χ2v) is 7.61. The van der Waals surface area contributed by atoms with Crippen LogP contribution in [0.4, 0.5) is 0 Å². The molecular weight excluding hydrogens is 294 g/mol. The monoisotopic (exact) mass is 325 g/mol. The van der Waals surface area contributed by atoms with Crippen LogP contribution in [0.1, 0.15) is 40.0 Å². The van der Waals surface area contributed by atoms with Crippen LogP contribution < -0.4 is 5.32 Å². The SMILES string of the molecule is CC(C)(C)C(=O)N1CCCN(CC(=O)NCC2CCCO2)CC1. The molecule has 2 fully saturated rings. The van der Waals surface area contributed by atoms with Crippen molar-refractivity contribution in [1.29, 1.82) is 0 Å². The Morgan fingerprint density at radius 1 is 1.13 bits per heavy atom. The normalized spacial score (nSPS) is 23.6. The molecule has 0 aromatic carbocycles. The van der Waals surface area contributed by atoms with Gasteiger partial charge in [-0.2, -0.15) is 0 Å². The number of ether oxygens (including phenoxy) is 1. The quantitative estimate of drug-likeness (QED) is 0.833. The lowest BCUT2D eigenvalue weighted by Crippen LogP contribution is -2.43. The molecule has 6 heteroatoms. The van der Waals surface area contributed by atoms with Crippen molar-refractivity contribution >= 4 is 11.8 Å². The Balaban J connectivity index is 1.72. The fraction of sp³-hybridized carbons (Fsp3) is 0.882. The summed E-state index contributed by atoms with van der Waals surface area (Å²) in [6.45, 7) is 10.8. The molecule has 0 radical (unpaired) electrons. The van der Waals surface area contributed by atoms with Gasteiger partial charge in [0.15, 0.2) is 0 Å². The highest BCUT2D eigenvalue weighted by Crippen LogP contribution is 2.18. The maximum Gasteiger partial charge on any atom is 0.234 e. The van der Waals surface area contributed by atoms with Crippen molar-refractivity contribution in [2.75, 3.05) is 45.9 Å². The standard InChI is InChI=1S/C17H31N3O3/c1-17(2,3)16(22)20-8-5-7-19(9-10-20)13-15(21)18-12-14-6-4-11-23-14/h14H,4-13H2,1-3H3,(H,18,21). The van der Waals surface area contributed by atoms with Crippen molar-refractivity contribution in [3.05, 3.63) is 0 Å². The van der Waals surface area contributed by atoms with Crippen molar-refractivity contribution < 1.29 is 14.3 Å². The number of nitrogens with zero attached hydrogens (tertiary/aromatic N) is 2. The molecule has 2 saturated heterocycles. The molecular formula is C17H31N3O3. The van der Waals surface area contributed by atoms with E-state index in [0.717, 1.165) is 45.5 Å². The van der Waals surface area contributed by atoms with E-state index in [9.17, 15) is 9.59 Å². The summed E-state index contributed by atoms with van der Waals surface area (Å²) in [6, 6.07) is 0. The molecule has 0 saturated carbocycles. The Hall–Kier alpha value is -1.14. The van der Waals surface area contributed by atoms with Gasteiger partial charge in [-0.1, -0.05) is 20.8 Å². The van der Waals surface area contributed by atoms with Gasteiger partial charge in [0.25, 0.3) is 0 Å². The van der Waals surface area contributed by atoms with Crippen LogP contribution in [0, 0.1) is 5.41 Å². The molecule has 0 bridgehead atoms. The van der Waals surface area contributed by atoms with Crippen LogP contribution in [-0.2, 0) is 14.3 Å². The topological polar surface area (TPSA) is 61.9 Å². The molecule has 2 heterocycles. The van der Waals surface area contributed by atoms with Gasteiger partial charge in [0.05, 0.1) is 12.6 Å². The number of carbonyl (C=O) groups is 2. The molecule has 2 rings (SSSR count). The number of hydrogen-bond acceptors (Lipinski definition) is 4. The van der Waals surface area contributed by atoms with Gasteiger partial charge in [0.1, 0.15) is 0 Å². The first-order valence-electron chi connectivity index (χ1n) is 8.76. The third kappa shape index (κ3) is 5.77. The second kappa shape index (κ2) is 8.11. The van der Waals surface area contributed by atoms with E-state index in [1.165, 1.54) is 0 Å². The fourth-order valence-electron chi connectivity index (χ4n) is 3.10. The first kappa shape index (κ1) is 18.2. The highest BCUT2D eigenvalue weighted by Gasteiger charge is 2.28. The van der Waals surface area contributed by atoms with Gasteiger partial charge >= 0.3 is 0 Å². The summed E-state index contributed by atoms with van der Waals surface area (Å²) in [5.41, 5.74) is -0.339. The summed E-state index contributed by atoms with van der Waals surface area (Å²) < 4.78 is 5.51. The second-order valence-electron chi connectivity index (χ2n) is 7.61. The highest BCUT2D eigenvalue weighted by atomic mass is 16.5. The van der Waals surface area contributed by atoms with Gasteiger partial charge in [-0.3, -0.25) is 14.5 Å². The number of nitrogens with one attached hydrogen (secondary N) is 1. The lowest BCUT2D eigenvalue weighted by molar-refractivity contribution is -0.139. The van der Waals surface area contributed by atoms with E-state index >= 15 is 0 Å². The molecule has 1 unspecified atom stereocenters. The molecule has 0 aromatic heterocycles.